The lowest BCUT2D eigenvalue weighted by Crippen LogP contribution is -2.37. The van der Waals surface area contributed by atoms with E-state index in [0.29, 0.717) is 12.0 Å². The molecule has 0 aliphatic heterocycles. The number of aryl methyl sites for hydroxylation is 1. The molecule has 0 heterocycles. The van der Waals surface area contributed by atoms with Crippen LogP contribution < -0.4 is 16.6 Å². The summed E-state index contributed by atoms with van der Waals surface area (Å²) in [5.41, 5.74) is 4.81. The molecule has 1 aromatic rings. The lowest BCUT2D eigenvalue weighted by Gasteiger charge is -2.12. The highest BCUT2D eigenvalue weighted by molar-refractivity contribution is 9.10. The van der Waals surface area contributed by atoms with Gasteiger partial charge in [-0.1, -0.05) is 34.8 Å². The van der Waals surface area contributed by atoms with Crippen molar-refractivity contribution in [3.63, 3.8) is 0 Å². The van der Waals surface area contributed by atoms with Crippen LogP contribution in [0.15, 0.2) is 27.7 Å². The number of anilines is 1. The van der Waals surface area contributed by atoms with E-state index in [1.807, 2.05) is 12.1 Å². The van der Waals surface area contributed by atoms with Crippen LogP contribution >= 0.6 is 15.9 Å². The van der Waals surface area contributed by atoms with Crippen LogP contribution in [0.25, 0.3) is 0 Å². The van der Waals surface area contributed by atoms with Crippen LogP contribution in [-0.2, 0) is 0 Å². The minimum Gasteiger partial charge on any atom is -0.325 e. The van der Waals surface area contributed by atoms with Crippen LogP contribution in [0, 0.1) is 6.92 Å². The average Bonchev–Trinajstić information content (AvgIpc) is 2.86. The summed E-state index contributed by atoms with van der Waals surface area (Å²) in [6.07, 6.45) is 4.85. The van der Waals surface area contributed by atoms with Gasteiger partial charge in [0.15, 0.2) is 0 Å². The maximum Gasteiger partial charge on any atom is 0.210 e. The first-order chi connectivity index (χ1) is 8.69. The summed E-state index contributed by atoms with van der Waals surface area (Å²) in [7, 11) is 0. The predicted octanol–water partition coefficient (Wildman–Crippen LogP) is 2.93. The number of halogens is 1. The van der Waals surface area contributed by atoms with Crippen molar-refractivity contribution in [2.45, 2.75) is 38.6 Å². The molecule has 0 bridgehead atoms. The zero-order chi connectivity index (χ0) is 13.0. The number of aliphatic imine (C=N–C) groups is 1. The first-order valence-corrected chi connectivity index (χ1v) is 7.06. The molecule has 0 unspecified atom stereocenters. The van der Waals surface area contributed by atoms with Gasteiger partial charge in [0.25, 0.3) is 0 Å². The fourth-order valence-electron chi connectivity index (χ4n) is 2.13. The van der Waals surface area contributed by atoms with Gasteiger partial charge in [-0.05, 0) is 37.5 Å². The first-order valence-electron chi connectivity index (χ1n) is 6.26. The van der Waals surface area contributed by atoms with Gasteiger partial charge in [-0.25, -0.2) is 10.8 Å². The second kappa shape index (κ2) is 6.20. The van der Waals surface area contributed by atoms with Gasteiger partial charge in [0.1, 0.15) is 0 Å². The molecule has 0 saturated heterocycles. The number of guanidine groups is 1. The van der Waals surface area contributed by atoms with E-state index in [9.17, 15) is 0 Å². The second-order valence-electron chi connectivity index (χ2n) is 4.65. The Hall–Kier alpha value is -1.07. The molecule has 0 radical (unpaired) electrons. The van der Waals surface area contributed by atoms with E-state index in [-0.39, 0.29) is 0 Å². The van der Waals surface area contributed by atoms with Gasteiger partial charge in [0, 0.05) is 10.2 Å². The quantitative estimate of drug-likeness (QED) is 0.341. The van der Waals surface area contributed by atoms with Gasteiger partial charge in [-0.2, -0.15) is 0 Å². The van der Waals surface area contributed by atoms with Crippen LogP contribution in [0.5, 0.6) is 0 Å². The van der Waals surface area contributed by atoms with Crippen molar-refractivity contribution in [2.75, 3.05) is 5.32 Å². The highest BCUT2D eigenvalue weighted by Crippen LogP contribution is 2.22. The van der Waals surface area contributed by atoms with E-state index in [4.69, 9.17) is 5.84 Å². The molecule has 2 rings (SSSR count). The molecule has 1 saturated carbocycles. The highest BCUT2D eigenvalue weighted by atomic mass is 79.9. The molecule has 1 aromatic carbocycles. The van der Waals surface area contributed by atoms with E-state index in [1.54, 1.807) is 0 Å². The molecular formula is C13H19BrN4. The standard InChI is InChI=1S/C13H19BrN4/c1-9-6-7-11(8-12(9)14)17-13(18-15)16-10-4-2-3-5-10/h6-8,10H,2-5,15H2,1H3,(H2,16,17,18). The fourth-order valence-corrected chi connectivity index (χ4v) is 2.51. The SMILES string of the molecule is Cc1ccc(NC(=NC2CCCC2)NN)cc1Br. The van der Waals surface area contributed by atoms with Crippen molar-refractivity contribution >= 4 is 27.6 Å². The number of nitrogens with zero attached hydrogens (tertiary/aromatic N) is 1. The van der Waals surface area contributed by atoms with E-state index in [2.05, 4.69) is 44.7 Å². The molecule has 1 fully saturated rings. The number of rotatable bonds is 2. The molecule has 4 nitrogen and oxygen atoms in total. The Morgan fingerprint density at radius 1 is 1.39 bits per heavy atom. The Morgan fingerprint density at radius 3 is 2.72 bits per heavy atom. The van der Waals surface area contributed by atoms with Crippen LogP contribution in [0.1, 0.15) is 31.2 Å². The van der Waals surface area contributed by atoms with Crippen molar-refractivity contribution in [2.24, 2.45) is 10.8 Å². The van der Waals surface area contributed by atoms with Crippen molar-refractivity contribution < 1.29 is 0 Å². The normalized spacial score (nSPS) is 16.9. The minimum absolute atomic E-state index is 0.400. The topological polar surface area (TPSA) is 62.4 Å². The summed E-state index contributed by atoms with van der Waals surface area (Å²) in [6, 6.07) is 6.49. The van der Waals surface area contributed by atoms with Crippen molar-refractivity contribution in [1.82, 2.24) is 5.43 Å². The third kappa shape index (κ3) is 3.46. The number of nitrogens with one attached hydrogen (secondary N) is 2. The number of benzene rings is 1. The zero-order valence-electron chi connectivity index (χ0n) is 10.5. The lowest BCUT2D eigenvalue weighted by atomic mass is 10.2. The number of nitrogens with two attached hydrogens (primary N) is 1. The molecule has 1 aliphatic carbocycles. The first kappa shape index (κ1) is 13.4. The van der Waals surface area contributed by atoms with E-state index in [1.165, 1.54) is 18.4 Å². The summed E-state index contributed by atoms with van der Waals surface area (Å²) in [4.78, 5) is 4.60. The van der Waals surface area contributed by atoms with Crippen LogP contribution in [0.4, 0.5) is 5.69 Å². The molecule has 5 heteroatoms. The molecule has 0 aromatic heterocycles. The smallest absolute Gasteiger partial charge is 0.210 e. The largest absolute Gasteiger partial charge is 0.325 e. The Labute approximate surface area is 116 Å². The molecule has 1 aliphatic rings. The van der Waals surface area contributed by atoms with Crippen LogP contribution in [-0.4, -0.2) is 12.0 Å². The Balaban J connectivity index is 2.07. The Kier molecular flexibility index (Phi) is 4.60. The van der Waals surface area contributed by atoms with E-state index >= 15 is 0 Å². The number of hydrazine groups is 1. The molecule has 0 atom stereocenters. The monoisotopic (exact) mass is 310 g/mol. The maximum atomic E-state index is 5.51. The van der Waals surface area contributed by atoms with Crippen LogP contribution in [0.2, 0.25) is 0 Å². The van der Waals surface area contributed by atoms with Crippen molar-refractivity contribution in [1.29, 1.82) is 0 Å². The minimum atomic E-state index is 0.400. The Bertz CT molecular complexity index is 439. The van der Waals surface area contributed by atoms with Gasteiger partial charge in [0.2, 0.25) is 5.96 Å². The summed E-state index contributed by atoms with van der Waals surface area (Å²) in [5, 5.41) is 3.21. The van der Waals surface area contributed by atoms with Crippen LogP contribution in [0.3, 0.4) is 0 Å². The Morgan fingerprint density at radius 2 is 2.11 bits per heavy atom. The number of hydrogen-bond donors (Lipinski definition) is 3. The molecule has 4 N–H and O–H groups in total. The second-order valence-corrected chi connectivity index (χ2v) is 5.50. The van der Waals surface area contributed by atoms with Gasteiger partial charge in [0.05, 0.1) is 6.04 Å². The summed E-state index contributed by atoms with van der Waals surface area (Å²) in [5.74, 6) is 6.15. The third-order valence-corrected chi connectivity index (χ3v) is 4.06. The van der Waals surface area contributed by atoms with Crippen molar-refractivity contribution in [3.8, 4) is 0 Å². The third-order valence-electron chi connectivity index (χ3n) is 3.21. The van der Waals surface area contributed by atoms with Gasteiger partial charge in [-0.3, -0.25) is 5.43 Å². The molecule has 0 amide bonds. The summed E-state index contributed by atoms with van der Waals surface area (Å²) in [6.45, 7) is 2.06. The van der Waals surface area contributed by atoms with Gasteiger partial charge >= 0.3 is 0 Å². The van der Waals surface area contributed by atoms with E-state index in [0.717, 1.165) is 23.0 Å². The lowest BCUT2D eigenvalue weighted by molar-refractivity contribution is 0.700. The zero-order valence-corrected chi connectivity index (χ0v) is 12.1. The van der Waals surface area contributed by atoms with Gasteiger partial charge < -0.3 is 5.32 Å². The molecule has 0 spiro atoms. The predicted molar refractivity (Wildman–Crippen MR) is 79.5 cm³/mol. The fraction of sp³-hybridized carbons (Fsp3) is 0.462. The number of hydrogen-bond acceptors (Lipinski definition) is 2. The van der Waals surface area contributed by atoms with Gasteiger partial charge in [-0.15, -0.1) is 0 Å². The summed E-state index contributed by atoms with van der Waals surface area (Å²) >= 11 is 3.51. The average molecular weight is 311 g/mol. The van der Waals surface area contributed by atoms with Crippen molar-refractivity contribution in [3.05, 3.63) is 28.2 Å². The summed E-state index contributed by atoms with van der Waals surface area (Å²) < 4.78 is 1.07. The molecular weight excluding hydrogens is 292 g/mol. The maximum absolute atomic E-state index is 5.51. The molecule has 98 valence electrons. The van der Waals surface area contributed by atoms with E-state index < -0.39 is 0 Å². The highest BCUT2D eigenvalue weighted by Gasteiger charge is 2.14. The molecule has 18 heavy (non-hydrogen) atoms.